The normalized spacial score (nSPS) is 13.5. The average molecular weight is 338 g/mol. The number of esters is 1. The van der Waals surface area contributed by atoms with E-state index in [0.29, 0.717) is 4.88 Å². The van der Waals surface area contributed by atoms with Crippen LogP contribution in [0.3, 0.4) is 0 Å². The molecule has 126 valence electrons. The van der Waals surface area contributed by atoms with E-state index in [9.17, 15) is 14.4 Å². The molecule has 6 nitrogen and oxygen atoms in total. The van der Waals surface area contributed by atoms with Crippen LogP contribution in [0.2, 0.25) is 0 Å². The molecular weight excluding hydrogens is 316 g/mol. The zero-order valence-corrected chi connectivity index (χ0v) is 14.5. The molecule has 0 saturated heterocycles. The second-order valence-electron chi connectivity index (χ2n) is 5.74. The lowest BCUT2D eigenvalue weighted by atomic mass is 10.2. The number of ether oxygens (including phenoxy) is 1. The zero-order chi connectivity index (χ0) is 17.0. The highest BCUT2D eigenvalue weighted by Gasteiger charge is 2.24. The molecule has 0 bridgehead atoms. The number of likely N-dealkylation sites (N-methyl/N-ethyl adjacent to an activating group) is 1. The number of thiophene rings is 1. The summed E-state index contributed by atoms with van der Waals surface area (Å²) in [6.07, 6.45) is 2.86. The van der Waals surface area contributed by atoms with E-state index >= 15 is 0 Å². The van der Waals surface area contributed by atoms with E-state index in [2.05, 4.69) is 5.32 Å². The predicted molar refractivity (Wildman–Crippen MR) is 87.5 cm³/mol. The Labute approximate surface area is 139 Å². The molecule has 1 aromatic rings. The third kappa shape index (κ3) is 5.06. The lowest BCUT2D eigenvalue weighted by molar-refractivity contribution is -0.137. The molecule has 0 spiro atoms. The molecule has 0 radical (unpaired) electrons. The van der Waals surface area contributed by atoms with Crippen LogP contribution in [-0.4, -0.2) is 48.9 Å². The Morgan fingerprint density at radius 1 is 1.39 bits per heavy atom. The topological polar surface area (TPSA) is 75.7 Å². The maximum absolute atomic E-state index is 12.0. The number of carbonyl (C=O) groups excluding carboxylic acids is 3. The van der Waals surface area contributed by atoms with Gasteiger partial charge in [0.2, 0.25) is 5.91 Å². The van der Waals surface area contributed by atoms with Gasteiger partial charge in [0.25, 0.3) is 5.91 Å². The number of nitrogens with one attached hydrogen (secondary N) is 1. The summed E-state index contributed by atoms with van der Waals surface area (Å²) in [6, 6.07) is 2.04. The van der Waals surface area contributed by atoms with Gasteiger partial charge in [0.15, 0.2) is 6.61 Å². The van der Waals surface area contributed by atoms with Crippen molar-refractivity contribution in [3.8, 4) is 0 Å². The van der Waals surface area contributed by atoms with Crippen LogP contribution in [0.4, 0.5) is 0 Å². The van der Waals surface area contributed by atoms with Crippen LogP contribution < -0.4 is 5.32 Å². The fraction of sp³-hybridized carbons (Fsp3) is 0.562. The molecule has 0 atom stereocenters. The Bertz CT molecular complexity index is 607. The summed E-state index contributed by atoms with van der Waals surface area (Å²) in [5.74, 6) is -1.08. The first-order chi connectivity index (χ1) is 10.9. The SMILES string of the molecule is CCc1sc(C(=O)OCC(=O)N(C)CC(=O)NC2CC2)cc1C. The van der Waals surface area contributed by atoms with Crippen LogP contribution in [0, 0.1) is 6.92 Å². The Morgan fingerprint density at radius 3 is 2.65 bits per heavy atom. The molecule has 7 heteroatoms. The van der Waals surface area contributed by atoms with Crippen molar-refractivity contribution in [1.82, 2.24) is 10.2 Å². The van der Waals surface area contributed by atoms with E-state index in [4.69, 9.17) is 4.74 Å². The Morgan fingerprint density at radius 2 is 2.09 bits per heavy atom. The average Bonchev–Trinajstić information content (AvgIpc) is 3.23. The third-order valence-electron chi connectivity index (χ3n) is 3.62. The highest BCUT2D eigenvalue weighted by molar-refractivity contribution is 7.14. The Balaban J connectivity index is 1.77. The minimum atomic E-state index is -0.498. The molecule has 0 aromatic carbocycles. The first kappa shape index (κ1) is 17.5. The van der Waals surface area contributed by atoms with E-state index in [1.807, 2.05) is 13.8 Å². The Kier molecular flexibility index (Phi) is 5.76. The maximum atomic E-state index is 12.0. The number of carbonyl (C=O) groups is 3. The fourth-order valence-corrected chi connectivity index (χ4v) is 3.09. The lowest BCUT2D eigenvalue weighted by Gasteiger charge is -2.16. The summed E-state index contributed by atoms with van der Waals surface area (Å²) in [4.78, 5) is 38.4. The summed E-state index contributed by atoms with van der Waals surface area (Å²) in [5.41, 5.74) is 1.06. The monoisotopic (exact) mass is 338 g/mol. The van der Waals surface area contributed by atoms with Gasteiger partial charge in [0.1, 0.15) is 4.88 Å². The van der Waals surface area contributed by atoms with Gasteiger partial charge in [-0.15, -0.1) is 11.3 Å². The lowest BCUT2D eigenvalue weighted by Crippen LogP contribution is -2.40. The molecule has 0 unspecified atom stereocenters. The van der Waals surface area contributed by atoms with Crippen LogP contribution in [0.25, 0.3) is 0 Å². The van der Waals surface area contributed by atoms with Crippen LogP contribution in [0.1, 0.15) is 39.9 Å². The molecule has 1 aromatic heterocycles. The van der Waals surface area contributed by atoms with Gasteiger partial charge in [-0.3, -0.25) is 9.59 Å². The quantitative estimate of drug-likeness (QED) is 0.765. The summed E-state index contributed by atoms with van der Waals surface area (Å²) < 4.78 is 5.05. The van der Waals surface area contributed by atoms with Gasteiger partial charge in [0, 0.05) is 18.0 Å². The van der Waals surface area contributed by atoms with E-state index in [0.717, 1.165) is 29.7 Å². The van der Waals surface area contributed by atoms with E-state index in [1.54, 1.807) is 6.07 Å². The van der Waals surface area contributed by atoms with E-state index in [-0.39, 0.29) is 25.1 Å². The molecule has 1 aliphatic carbocycles. The molecule has 1 N–H and O–H groups in total. The van der Waals surface area contributed by atoms with Gasteiger partial charge >= 0.3 is 5.97 Å². The largest absolute Gasteiger partial charge is 0.451 e. The fourth-order valence-electron chi connectivity index (χ4n) is 2.08. The highest BCUT2D eigenvalue weighted by atomic mass is 32.1. The predicted octanol–water partition coefficient (Wildman–Crippen LogP) is 1.51. The maximum Gasteiger partial charge on any atom is 0.348 e. The molecule has 1 fully saturated rings. The minimum Gasteiger partial charge on any atom is -0.451 e. The van der Waals surface area contributed by atoms with Crippen molar-refractivity contribution in [3.63, 3.8) is 0 Å². The summed E-state index contributed by atoms with van der Waals surface area (Å²) >= 11 is 1.39. The molecule has 23 heavy (non-hydrogen) atoms. The zero-order valence-electron chi connectivity index (χ0n) is 13.7. The third-order valence-corrected chi connectivity index (χ3v) is 4.98. The number of rotatable bonds is 7. The Hall–Kier alpha value is -1.89. The number of hydrogen-bond acceptors (Lipinski definition) is 5. The second-order valence-corrected chi connectivity index (χ2v) is 6.87. The number of hydrogen-bond donors (Lipinski definition) is 1. The van der Waals surface area contributed by atoms with Crippen molar-refractivity contribution in [2.75, 3.05) is 20.2 Å². The van der Waals surface area contributed by atoms with Crippen molar-refractivity contribution in [2.45, 2.75) is 39.2 Å². The molecule has 1 aliphatic rings. The number of amides is 2. The summed E-state index contributed by atoms with van der Waals surface area (Å²) in [6.45, 7) is 3.60. The van der Waals surface area contributed by atoms with Gasteiger partial charge in [-0.05, 0) is 37.8 Å². The molecule has 0 aliphatic heterocycles. The standard InChI is InChI=1S/C16H22N2O4S/c1-4-12-10(2)7-13(23-12)16(21)22-9-15(20)18(3)8-14(19)17-11-5-6-11/h7,11H,4-6,8-9H2,1-3H3,(H,17,19). The molecular formula is C16H22N2O4S. The van der Waals surface area contributed by atoms with Crippen LogP contribution >= 0.6 is 11.3 Å². The molecule has 1 heterocycles. The van der Waals surface area contributed by atoms with Crippen molar-refractivity contribution < 1.29 is 19.1 Å². The summed E-state index contributed by atoms with van der Waals surface area (Å²) in [5, 5.41) is 2.81. The van der Waals surface area contributed by atoms with Gasteiger partial charge in [-0.2, -0.15) is 0 Å². The van der Waals surface area contributed by atoms with Gasteiger partial charge in [-0.1, -0.05) is 6.92 Å². The van der Waals surface area contributed by atoms with Crippen molar-refractivity contribution >= 4 is 29.1 Å². The van der Waals surface area contributed by atoms with Crippen LogP contribution in [0.5, 0.6) is 0 Å². The van der Waals surface area contributed by atoms with E-state index in [1.165, 1.54) is 23.3 Å². The smallest absolute Gasteiger partial charge is 0.348 e. The molecule has 2 amide bonds. The first-order valence-corrected chi connectivity index (χ1v) is 8.52. The second kappa shape index (κ2) is 7.59. The van der Waals surface area contributed by atoms with E-state index < -0.39 is 11.9 Å². The van der Waals surface area contributed by atoms with Crippen LogP contribution in [0.15, 0.2) is 6.07 Å². The van der Waals surface area contributed by atoms with Crippen molar-refractivity contribution in [1.29, 1.82) is 0 Å². The summed E-state index contributed by atoms with van der Waals surface area (Å²) in [7, 11) is 1.52. The molecule has 1 saturated carbocycles. The van der Waals surface area contributed by atoms with Crippen molar-refractivity contribution in [3.05, 3.63) is 21.4 Å². The molecule has 2 rings (SSSR count). The van der Waals surface area contributed by atoms with Crippen LogP contribution in [-0.2, 0) is 20.7 Å². The van der Waals surface area contributed by atoms with Gasteiger partial charge in [0.05, 0.1) is 6.54 Å². The minimum absolute atomic E-state index is 0.0228. The first-order valence-electron chi connectivity index (χ1n) is 7.70. The highest BCUT2D eigenvalue weighted by Crippen LogP contribution is 2.23. The number of nitrogens with zero attached hydrogens (tertiary/aromatic N) is 1. The number of aryl methyl sites for hydroxylation is 2. The van der Waals surface area contributed by atoms with Crippen molar-refractivity contribution in [2.24, 2.45) is 0 Å². The van der Waals surface area contributed by atoms with Gasteiger partial charge < -0.3 is 15.0 Å². The van der Waals surface area contributed by atoms with Gasteiger partial charge in [-0.25, -0.2) is 4.79 Å².